The van der Waals surface area contributed by atoms with Gasteiger partial charge in [-0.25, -0.2) is 0 Å². The van der Waals surface area contributed by atoms with Crippen LogP contribution in [-0.4, -0.2) is 51.2 Å². The number of primary amides is 1. The SMILES string of the molecule is CNC(=O)C1=NCNC1(C(N)=O)c1ccc(NC(=O)c2ccc(N(C)C)cc2Cl)cc1. The first-order valence-electron chi connectivity index (χ1n) is 9.41. The van der Waals surface area contributed by atoms with Crippen molar-refractivity contribution in [1.29, 1.82) is 0 Å². The maximum Gasteiger partial charge on any atom is 0.267 e. The molecule has 2 aromatic carbocycles. The van der Waals surface area contributed by atoms with E-state index in [2.05, 4.69) is 20.9 Å². The fraction of sp³-hybridized carbons (Fsp3) is 0.238. The lowest BCUT2D eigenvalue weighted by molar-refractivity contribution is -0.123. The summed E-state index contributed by atoms with van der Waals surface area (Å²) >= 11 is 6.26. The number of hydrogen-bond donors (Lipinski definition) is 4. The van der Waals surface area contributed by atoms with E-state index in [1.165, 1.54) is 7.05 Å². The Morgan fingerprint density at radius 1 is 1.13 bits per heavy atom. The number of aliphatic imine (C=N–C) groups is 1. The third kappa shape index (κ3) is 4.10. The first kappa shape index (κ1) is 22.3. The number of nitrogens with one attached hydrogen (secondary N) is 3. The number of carbonyl (C=O) groups excluding carboxylic acids is 3. The van der Waals surface area contributed by atoms with Crippen LogP contribution in [0.2, 0.25) is 5.02 Å². The first-order chi connectivity index (χ1) is 14.7. The highest BCUT2D eigenvalue weighted by Gasteiger charge is 2.49. The van der Waals surface area contributed by atoms with Crippen molar-refractivity contribution in [3.05, 3.63) is 58.6 Å². The van der Waals surface area contributed by atoms with Gasteiger partial charge in [0, 0.05) is 32.5 Å². The smallest absolute Gasteiger partial charge is 0.267 e. The lowest BCUT2D eigenvalue weighted by Gasteiger charge is -2.27. The molecule has 1 aliphatic rings. The molecule has 0 radical (unpaired) electrons. The second kappa shape index (κ2) is 8.75. The lowest BCUT2D eigenvalue weighted by Crippen LogP contribution is -2.58. The summed E-state index contributed by atoms with van der Waals surface area (Å²) in [5, 5.41) is 8.48. The van der Waals surface area contributed by atoms with Gasteiger partial charge in [-0.2, -0.15) is 0 Å². The van der Waals surface area contributed by atoms with Crippen LogP contribution in [0.25, 0.3) is 0 Å². The zero-order chi connectivity index (χ0) is 22.8. The molecule has 0 saturated heterocycles. The summed E-state index contributed by atoms with van der Waals surface area (Å²) in [6.07, 6.45) is 0. The molecule has 1 unspecified atom stereocenters. The van der Waals surface area contributed by atoms with Crippen molar-refractivity contribution in [2.24, 2.45) is 10.7 Å². The number of anilines is 2. The predicted octanol–water partition coefficient (Wildman–Crippen LogP) is 1.09. The number of nitrogens with zero attached hydrogens (tertiary/aromatic N) is 2. The van der Waals surface area contributed by atoms with E-state index in [4.69, 9.17) is 17.3 Å². The summed E-state index contributed by atoms with van der Waals surface area (Å²) in [6.45, 7) is 0.0750. The Kier molecular flexibility index (Phi) is 6.28. The van der Waals surface area contributed by atoms with Gasteiger partial charge >= 0.3 is 0 Å². The van der Waals surface area contributed by atoms with Gasteiger partial charge in [0.25, 0.3) is 11.8 Å². The van der Waals surface area contributed by atoms with E-state index in [1.807, 2.05) is 19.0 Å². The summed E-state index contributed by atoms with van der Waals surface area (Å²) in [5.41, 5.74) is 6.21. The lowest BCUT2D eigenvalue weighted by atomic mass is 9.84. The number of hydrogen-bond acceptors (Lipinski definition) is 6. The fourth-order valence-electron chi connectivity index (χ4n) is 3.35. The van der Waals surface area contributed by atoms with Gasteiger partial charge in [-0.1, -0.05) is 23.7 Å². The zero-order valence-electron chi connectivity index (χ0n) is 17.3. The molecule has 31 heavy (non-hydrogen) atoms. The molecule has 0 fully saturated rings. The highest BCUT2D eigenvalue weighted by atomic mass is 35.5. The Hall–Kier alpha value is -3.43. The molecule has 0 spiro atoms. The van der Waals surface area contributed by atoms with E-state index in [9.17, 15) is 14.4 Å². The van der Waals surface area contributed by atoms with Crippen molar-refractivity contribution >= 4 is 46.4 Å². The van der Waals surface area contributed by atoms with Gasteiger partial charge in [0.2, 0.25) is 5.91 Å². The average molecular weight is 443 g/mol. The zero-order valence-corrected chi connectivity index (χ0v) is 18.1. The molecule has 1 heterocycles. The summed E-state index contributed by atoms with van der Waals surface area (Å²) in [7, 11) is 5.21. The van der Waals surface area contributed by atoms with Crippen LogP contribution >= 0.6 is 11.6 Å². The Morgan fingerprint density at radius 2 is 1.81 bits per heavy atom. The molecule has 1 atom stereocenters. The Bertz CT molecular complexity index is 1070. The van der Waals surface area contributed by atoms with Crippen molar-refractivity contribution < 1.29 is 14.4 Å². The number of carbonyl (C=O) groups is 3. The second-order valence-electron chi connectivity index (χ2n) is 7.13. The van der Waals surface area contributed by atoms with Gasteiger partial charge < -0.3 is 21.3 Å². The van der Waals surface area contributed by atoms with Gasteiger partial charge in [0.15, 0.2) is 5.54 Å². The molecule has 5 N–H and O–H groups in total. The minimum absolute atomic E-state index is 0.00736. The van der Waals surface area contributed by atoms with Crippen LogP contribution in [0.5, 0.6) is 0 Å². The molecule has 162 valence electrons. The van der Waals surface area contributed by atoms with Gasteiger partial charge in [0.05, 0.1) is 17.3 Å². The van der Waals surface area contributed by atoms with Crippen LogP contribution < -0.4 is 26.6 Å². The van der Waals surface area contributed by atoms with E-state index in [1.54, 1.807) is 42.5 Å². The van der Waals surface area contributed by atoms with E-state index in [-0.39, 0.29) is 18.3 Å². The van der Waals surface area contributed by atoms with Crippen molar-refractivity contribution in [3.8, 4) is 0 Å². The topological polar surface area (TPSA) is 129 Å². The summed E-state index contributed by atoms with van der Waals surface area (Å²) in [4.78, 5) is 43.2. The van der Waals surface area contributed by atoms with Crippen LogP contribution in [-0.2, 0) is 15.1 Å². The van der Waals surface area contributed by atoms with Gasteiger partial charge in [-0.3, -0.25) is 24.7 Å². The molecule has 1 aliphatic heterocycles. The minimum atomic E-state index is -1.55. The molecule has 2 aromatic rings. The normalized spacial score (nSPS) is 17.6. The molecule has 3 rings (SSSR count). The van der Waals surface area contributed by atoms with Gasteiger partial charge in [-0.05, 0) is 35.9 Å². The number of nitrogens with two attached hydrogens (primary N) is 1. The quantitative estimate of drug-likeness (QED) is 0.532. The van der Waals surface area contributed by atoms with Crippen molar-refractivity contribution in [1.82, 2.24) is 10.6 Å². The maximum absolute atomic E-state index is 12.6. The molecular weight excluding hydrogens is 420 g/mol. The van der Waals surface area contributed by atoms with E-state index in [0.717, 1.165) is 5.69 Å². The van der Waals surface area contributed by atoms with E-state index >= 15 is 0 Å². The van der Waals surface area contributed by atoms with Gasteiger partial charge in [-0.15, -0.1) is 0 Å². The molecule has 0 saturated carbocycles. The fourth-order valence-corrected chi connectivity index (χ4v) is 3.61. The maximum atomic E-state index is 12.6. The van der Waals surface area contributed by atoms with Crippen molar-refractivity contribution in [2.75, 3.05) is 38.0 Å². The third-order valence-electron chi connectivity index (χ3n) is 5.04. The Balaban J connectivity index is 1.85. The second-order valence-corrected chi connectivity index (χ2v) is 7.53. The predicted molar refractivity (Wildman–Crippen MR) is 121 cm³/mol. The molecular formula is C21H23ClN6O3. The van der Waals surface area contributed by atoms with Crippen LogP contribution in [0.4, 0.5) is 11.4 Å². The first-order valence-corrected chi connectivity index (χ1v) is 9.79. The van der Waals surface area contributed by atoms with Crippen molar-refractivity contribution in [2.45, 2.75) is 5.54 Å². The number of amides is 3. The van der Waals surface area contributed by atoms with E-state index < -0.39 is 17.4 Å². The van der Waals surface area contributed by atoms with Crippen LogP contribution in [0, 0.1) is 0 Å². The van der Waals surface area contributed by atoms with Crippen LogP contribution in [0.1, 0.15) is 15.9 Å². The average Bonchev–Trinajstić information content (AvgIpc) is 3.19. The molecule has 3 amide bonds. The highest BCUT2D eigenvalue weighted by molar-refractivity contribution is 6.47. The van der Waals surface area contributed by atoms with Crippen LogP contribution in [0.3, 0.4) is 0 Å². The highest BCUT2D eigenvalue weighted by Crippen LogP contribution is 2.29. The van der Waals surface area contributed by atoms with Gasteiger partial charge in [0.1, 0.15) is 5.71 Å². The largest absolute Gasteiger partial charge is 0.378 e. The standard InChI is InChI=1S/C21H23ClN6O3/c1-24-19(30)17-21(20(23)31,26-11-25-17)12-4-6-13(7-5-12)27-18(29)15-9-8-14(28(2)3)10-16(15)22/h4-10,26H,11H2,1-3H3,(H2,23,31)(H,24,30)(H,27,29). The molecule has 9 nitrogen and oxygen atoms in total. The third-order valence-corrected chi connectivity index (χ3v) is 5.35. The Labute approximate surface area is 184 Å². The minimum Gasteiger partial charge on any atom is -0.378 e. The monoisotopic (exact) mass is 442 g/mol. The molecule has 0 aliphatic carbocycles. The summed E-state index contributed by atoms with van der Waals surface area (Å²) in [6, 6.07) is 11.6. The van der Waals surface area contributed by atoms with Crippen LogP contribution in [0.15, 0.2) is 47.5 Å². The molecule has 0 aromatic heterocycles. The number of benzene rings is 2. The summed E-state index contributed by atoms with van der Waals surface area (Å²) in [5.74, 6) is -1.63. The Morgan fingerprint density at radius 3 is 2.35 bits per heavy atom. The molecule has 10 heteroatoms. The van der Waals surface area contributed by atoms with E-state index in [0.29, 0.717) is 21.8 Å². The summed E-state index contributed by atoms with van der Waals surface area (Å²) < 4.78 is 0. The van der Waals surface area contributed by atoms with Crippen molar-refractivity contribution in [3.63, 3.8) is 0 Å². The number of rotatable bonds is 6. The molecule has 0 bridgehead atoms. The number of halogens is 1.